The van der Waals surface area contributed by atoms with Crippen LogP contribution in [-0.2, 0) is 10.3 Å². The van der Waals surface area contributed by atoms with Crippen molar-refractivity contribution in [3.8, 4) is 24.3 Å². The first-order valence-corrected chi connectivity index (χ1v) is 9.30. The topological polar surface area (TPSA) is 111 Å². The van der Waals surface area contributed by atoms with Gasteiger partial charge in [0.25, 0.3) is 5.91 Å². The number of hydrogen-bond acceptors (Lipinski definition) is 6. The summed E-state index contributed by atoms with van der Waals surface area (Å²) in [4.78, 5) is 24.4. The molecule has 2 aliphatic rings. The first-order chi connectivity index (χ1) is 15.1. The highest BCUT2D eigenvalue weighted by Gasteiger charge is 2.56. The van der Waals surface area contributed by atoms with Gasteiger partial charge in [0, 0.05) is 45.8 Å². The number of ether oxygens (including phenoxy) is 1. The van der Waals surface area contributed by atoms with E-state index in [1.807, 2.05) is 24.3 Å². The van der Waals surface area contributed by atoms with E-state index in [0.29, 0.717) is 45.9 Å². The minimum atomic E-state index is -1.11. The van der Waals surface area contributed by atoms with Gasteiger partial charge >= 0.3 is 0 Å². The molecule has 4 N–H and O–H groups in total. The second-order valence-corrected chi connectivity index (χ2v) is 6.89. The van der Waals surface area contributed by atoms with Crippen molar-refractivity contribution in [3.05, 3.63) is 82.9 Å². The zero-order chi connectivity index (χ0) is 22.2. The van der Waals surface area contributed by atoms with Crippen LogP contribution in [-0.4, -0.2) is 23.4 Å². The maximum atomic E-state index is 13.3. The second-order valence-electron chi connectivity index (χ2n) is 6.89. The van der Waals surface area contributed by atoms with Crippen LogP contribution >= 0.6 is 0 Å². The molecule has 0 unspecified atom stereocenters. The third kappa shape index (κ3) is 2.66. The average Bonchev–Trinajstić information content (AvgIpc) is 3.02. The highest BCUT2D eigenvalue weighted by atomic mass is 16.5. The fraction of sp³-hybridized carbons (Fsp3) is 0.0417. The van der Waals surface area contributed by atoms with Crippen LogP contribution in [0, 0.1) is 12.8 Å². The Morgan fingerprint density at radius 3 is 2.06 bits per heavy atom. The number of rotatable bonds is 2. The molecular weight excluding hydrogens is 392 g/mol. The summed E-state index contributed by atoms with van der Waals surface area (Å²) in [7, 11) is 0. The van der Waals surface area contributed by atoms with Crippen molar-refractivity contribution in [2.45, 2.75) is 5.54 Å². The second kappa shape index (κ2) is 7.35. The number of aldehydes is 1. The number of nitrogens with zero attached hydrogens (tertiary/aromatic N) is 2. The van der Waals surface area contributed by atoms with Gasteiger partial charge in [-0.25, -0.2) is 5.01 Å². The maximum Gasteiger partial charge on any atom is 0.275 e. The Morgan fingerprint density at radius 2 is 1.48 bits per heavy atom. The summed E-state index contributed by atoms with van der Waals surface area (Å²) < 4.78 is 6.11. The third-order valence-corrected chi connectivity index (χ3v) is 5.31. The first-order valence-electron chi connectivity index (χ1n) is 9.30. The Balaban J connectivity index is 0.00000112. The zero-order valence-corrected chi connectivity index (χ0v) is 16.4. The van der Waals surface area contributed by atoms with Crippen LogP contribution in [0.2, 0.25) is 0 Å². The van der Waals surface area contributed by atoms with Crippen molar-refractivity contribution in [3.63, 3.8) is 0 Å². The lowest BCUT2D eigenvalue weighted by atomic mass is 9.75. The molecule has 3 aromatic carbocycles. The highest BCUT2D eigenvalue weighted by molar-refractivity contribution is 6.13. The summed E-state index contributed by atoms with van der Waals surface area (Å²) in [5.74, 6) is 0.684. The lowest BCUT2D eigenvalue weighted by Crippen LogP contribution is -2.44. The first kappa shape index (κ1) is 19.7. The fourth-order valence-electron chi connectivity index (χ4n) is 4.22. The molecule has 2 aliphatic heterocycles. The van der Waals surface area contributed by atoms with Gasteiger partial charge in [0.1, 0.15) is 17.0 Å². The molecule has 0 bridgehead atoms. The van der Waals surface area contributed by atoms with Crippen LogP contribution in [0.1, 0.15) is 27.0 Å². The minimum absolute atomic E-state index is 0.314. The molecule has 31 heavy (non-hydrogen) atoms. The Labute approximate surface area is 178 Å². The van der Waals surface area contributed by atoms with Crippen molar-refractivity contribution in [1.29, 1.82) is 0 Å². The number of benzene rings is 3. The number of terminal acetylenes is 1. The molecule has 0 aliphatic carbocycles. The van der Waals surface area contributed by atoms with Gasteiger partial charge in [-0.3, -0.25) is 9.59 Å². The molecule has 0 radical (unpaired) electrons. The molecule has 0 fully saturated rings. The highest BCUT2D eigenvalue weighted by Crippen LogP contribution is 2.57. The smallest absolute Gasteiger partial charge is 0.275 e. The summed E-state index contributed by atoms with van der Waals surface area (Å²) in [6, 6.07) is 17.8. The molecular formula is C24H18N4O3. The third-order valence-electron chi connectivity index (χ3n) is 5.31. The molecule has 0 aromatic heterocycles. The molecule has 2 heterocycles. The zero-order valence-electron chi connectivity index (χ0n) is 16.4. The Morgan fingerprint density at radius 1 is 0.903 bits per heavy atom. The van der Waals surface area contributed by atoms with Crippen LogP contribution in [0.5, 0.6) is 11.5 Å². The lowest BCUT2D eigenvalue weighted by molar-refractivity contribution is -0.102. The van der Waals surface area contributed by atoms with E-state index in [4.69, 9.17) is 16.2 Å². The lowest BCUT2D eigenvalue weighted by Gasteiger charge is -2.41. The van der Waals surface area contributed by atoms with E-state index in [1.54, 1.807) is 36.4 Å². The van der Waals surface area contributed by atoms with E-state index < -0.39 is 5.54 Å². The number of anilines is 2. The molecule has 7 heteroatoms. The summed E-state index contributed by atoms with van der Waals surface area (Å²) in [6.07, 6.45) is 9.60. The van der Waals surface area contributed by atoms with Crippen LogP contribution in [0.15, 0.2) is 65.8 Å². The van der Waals surface area contributed by atoms with Crippen molar-refractivity contribution in [1.82, 2.24) is 5.01 Å². The standard InChI is InChI=1S/C22H16N4O3.C2H2/c23-13-5-7-17-19(11-13)29-20-12-14(24)6-8-18(20)22(17)16-4-2-1-3-15(16)21(28)26(22)25-9-10-27;1-2/h1-12H,23-24H2;1-2H/b25-9+;. The van der Waals surface area contributed by atoms with Crippen molar-refractivity contribution >= 4 is 29.8 Å². The van der Waals surface area contributed by atoms with Crippen molar-refractivity contribution in [2.24, 2.45) is 5.10 Å². The van der Waals surface area contributed by atoms with Gasteiger partial charge in [-0.1, -0.05) is 30.3 Å². The molecule has 3 aromatic rings. The van der Waals surface area contributed by atoms with Gasteiger partial charge in [-0.2, -0.15) is 5.10 Å². The summed E-state index contributed by atoms with van der Waals surface area (Å²) in [5, 5.41) is 5.56. The number of nitrogens with two attached hydrogens (primary N) is 2. The normalized spacial score (nSPS) is 14.8. The number of hydrazone groups is 1. The average molecular weight is 410 g/mol. The van der Waals surface area contributed by atoms with Gasteiger partial charge in [-0.05, 0) is 18.2 Å². The number of fused-ring (bicyclic) bond motifs is 6. The molecule has 0 saturated heterocycles. The van der Waals surface area contributed by atoms with E-state index in [0.717, 1.165) is 11.8 Å². The van der Waals surface area contributed by atoms with Gasteiger partial charge < -0.3 is 16.2 Å². The predicted octanol–water partition coefficient (Wildman–Crippen LogP) is 3.14. The largest absolute Gasteiger partial charge is 0.456 e. The van der Waals surface area contributed by atoms with Crippen molar-refractivity contribution in [2.75, 3.05) is 11.5 Å². The molecule has 152 valence electrons. The molecule has 0 atom stereocenters. The van der Waals surface area contributed by atoms with Gasteiger partial charge in [-0.15, -0.1) is 12.8 Å². The Hall–Kier alpha value is -4.57. The summed E-state index contributed by atoms with van der Waals surface area (Å²) in [5.41, 5.74) is 14.6. The maximum absolute atomic E-state index is 13.3. The van der Waals surface area contributed by atoms with Gasteiger partial charge in [0.15, 0.2) is 6.29 Å². The monoisotopic (exact) mass is 410 g/mol. The van der Waals surface area contributed by atoms with Crippen LogP contribution in [0.4, 0.5) is 11.4 Å². The van der Waals surface area contributed by atoms with Crippen LogP contribution in [0.25, 0.3) is 0 Å². The van der Waals surface area contributed by atoms with Crippen molar-refractivity contribution < 1.29 is 14.3 Å². The van der Waals surface area contributed by atoms with E-state index in [1.165, 1.54) is 5.01 Å². The number of amides is 1. The number of carbonyl (C=O) groups excluding carboxylic acids is 2. The molecule has 1 amide bonds. The predicted molar refractivity (Wildman–Crippen MR) is 119 cm³/mol. The van der Waals surface area contributed by atoms with E-state index in [9.17, 15) is 9.59 Å². The summed E-state index contributed by atoms with van der Waals surface area (Å²) in [6.45, 7) is 0. The molecule has 7 nitrogen and oxygen atoms in total. The fourth-order valence-corrected chi connectivity index (χ4v) is 4.22. The molecule has 1 spiro atoms. The minimum Gasteiger partial charge on any atom is -0.456 e. The van der Waals surface area contributed by atoms with Gasteiger partial charge in [0.2, 0.25) is 0 Å². The SMILES string of the molecule is C#C.Nc1ccc2c(c1)Oc1cc(N)ccc1C21c2ccccc2C(=O)N1/N=C/C=O. The van der Waals surface area contributed by atoms with Crippen LogP contribution in [0.3, 0.4) is 0 Å². The van der Waals surface area contributed by atoms with E-state index in [2.05, 4.69) is 17.9 Å². The van der Waals surface area contributed by atoms with E-state index in [-0.39, 0.29) is 5.91 Å². The number of nitrogen functional groups attached to an aromatic ring is 2. The Bertz CT molecular complexity index is 1210. The number of hydrogen-bond donors (Lipinski definition) is 2. The quantitative estimate of drug-likeness (QED) is 0.292. The van der Waals surface area contributed by atoms with Crippen LogP contribution < -0.4 is 16.2 Å². The summed E-state index contributed by atoms with van der Waals surface area (Å²) >= 11 is 0. The Kier molecular flexibility index (Phi) is 4.68. The molecule has 0 saturated carbocycles. The van der Waals surface area contributed by atoms with E-state index >= 15 is 0 Å². The molecule has 5 rings (SSSR count). The van der Waals surface area contributed by atoms with Gasteiger partial charge in [0.05, 0.1) is 6.21 Å². The number of carbonyl (C=O) groups is 2.